The molecule has 0 spiro atoms. The molecule has 3 N–H and O–H groups in total. The summed E-state index contributed by atoms with van der Waals surface area (Å²) in [6.45, 7) is 0. The van der Waals surface area contributed by atoms with Gasteiger partial charge in [-0.15, -0.1) is 0 Å². The minimum Gasteiger partial charge on any atom is -0.481 e. The maximum atomic E-state index is 12.4. The molecule has 0 bridgehead atoms. The highest BCUT2D eigenvalue weighted by Crippen LogP contribution is 2.24. The van der Waals surface area contributed by atoms with Crippen LogP contribution < -0.4 is 10.0 Å². The van der Waals surface area contributed by atoms with E-state index < -0.39 is 34.6 Å². The molecule has 0 saturated heterocycles. The van der Waals surface area contributed by atoms with Gasteiger partial charge in [0.1, 0.15) is 6.42 Å². The van der Waals surface area contributed by atoms with E-state index in [1.165, 1.54) is 30.3 Å². The van der Waals surface area contributed by atoms with E-state index in [-0.39, 0.29) is 15.9 Å². The summed E-state index contributed by atoms with van der Waals surface area (Å²) in [6.07, 6.45) is -1.77. The number of carboxylic acids is 1. The van der Waals surface area contributed by atoms with Crippen molar-refractivity contribution in [3.05, 3.63) is 71.4 Å². The molecule has 0 saturated carbocycles. The Morgan fingerprint density at radius 3 is 2.39 bits per heavy atom. The molecule has 0 aliphatic carbocycles. The van der Waals surface area contributed by atoms with Gasteiger partial charge in [-0.25, -0.2) is 8.42 Å². The molecule has 3 rings (SSSR count). The highest BCUT2D eigenvalue weighted by Gasteiger charge is 2.20. The molecule has 12 heteroatoms. The van der Waals surface area contributed by atoms with Crippen LogP contribution in [0.4, 0.5) is 11.5 Å². The van der Waals surface area contributed by atoms with E-state index in [1.807, 2.05) is 0 Å². The van der Waals surface area contributed by atoms with Gasteiger partial charge in [-0.3, -0.25) is 14.3 Å². The number of carboxylic acid groups (broad SMARTS) is 1. The molecule has 0 fully saturated rings. The predicted octanol–water partition coefficient (Wildman–Crippen LogP) is 3.26. The number of ether oxygens (including phenoxy) is 1. The fraction of sp³-hybridized carbons (Fsp3) is 0.105. The molecule has 0 amide bonds. The SMILES string of the molecule is O=C(O)CC(=O)OC(Nc1ccc(S(=O)(=O)Nc2cc(Cl)on2)cc1)c1ccccc1. The Balaban J connectivity index is 1.76. The number of aliphatic carboxylic acids is 1. The summed E-state index contributed by atoms with van der Waals surface area (Å²) < 4.78 is 36.9. The number of hydrogen-bond acceptors (Lipinski definition) is 8. The first-order valence-corrected chi connectivity index (χ1v) is 10.6. The highest BCUT2D eigenvalue weighted by atomic mass is 35.5. The average Bonchev–Trinajstić information content (AvgIpc) is 3.12. The normalized spacial score (nSPS) is 12.0. The molecule has 0 radical (unpaired) electrons. The van der Waals surface area contributed by atoms with Gasteiger partial charge in [0.05, 0.1) is 4.90 Å². The first kappa shape index (κ1) is 22.1. The number of carbonyl (C=O) groups is 2. The third kappa shape index (κ3) is 6.20. The van der Waals surface area contributed by atoms with Crippen molar-refractivity contribution in [1.82, 2.24) is 5.16 Å². The Morgan fingerprint density at radius 2 is 1.81 bits per heavy atom. The van der Waals surface area contributed by atoms with Crippen LogP contribution in [-0.4, -0.2) is 30.6 Å². The molecule has 10 nitrogen and oxygen atoms in total. The zero-order valence-electron chi connectivity index (χ0n) is 15.7. The second kappa shape index (κ2) is 9.49. The van der Waals surface area contributed by atoms with Crippen LogP contribution >= 0.6 is 11.6 Å². The number of anilines is 2. The lowest BCUT2D eigenvalue weighted by atomic mass is 10.2. The number of halogens is 1. The molecular weight excluding hydrogens is 450 g/mol. The van der Waals surface area contributed by atoms with E-state index in [2.05, 4.69) is 19.7 Å². The van der Waals surface area contributed by atoms with Crippen molar-refractivity contribution in [3.63, 3.8) is 0 Å². The number of carbonyl (C=O) groups excluding carboxylic acids is 1. The van der Waals surface area contributed by atoms with Crippen LogP contribution in [0.5, 0.6) is 0 Å². The molecule has 162 valence electrons. The van der Waals surface area contributed by atoms with Crippen molar-refractivity contribution in [2.75, 3.05) is 10.0 Å². The molecule has 1 aromatic heterocycles. The Morgan fingerprint density at radius 1 is 1.13 bits per heavy atom. The topological polar surface area (TPSA) is 148 Å². The molecule has 1 heterocycles. The predicted molar refractivity (Wildman–Crippen MR) is 110 cm³/mol. The van der Waals surface area contributed by atoms with Gasteiger partial charge in [0, 0.05) is 17.3 Å². The van der Waals surface area contributed by atoms with Crippen LogP contribution in [0.3, 0.4) is 0 Å². The van der Waals surface area contributed by atoms with Gasteiger partial charge in [0.2, 0.25) is 5.22 Å². The van der Waals surface area contributed by atoms with Gasteiger partial charge in [-0.2, -0.15) is 0 Å². The minimum absolute atomic E-state index is 0.0590. The van der Waals surface area contributed by atoms with Crippen LogP contribution in [-0.2, 0) is 24.3 Å². The van der Waals surface area contributed by atoms with Gasteiger partial charge in [-0.1, -0.05) is 35.5 Å². The molecular formula is C19H16ClN3O7S. The second-order valence-electron chi connectivity index (χ2n) is 6.14. The van der Waals surface area contributed by atoms with E-state index in [0.29, 0.717) is 11.3 Å². The van der Waals surface area contributed by atoms with Crippen molar-refractivity contribution in [1.29, 1.82) is 0 Å². The third-order valence-electron chi connectivity index (χ3n) is 3.83. The number of esters is 1. The van der Waals surface area contributed by atoms with Crippen LogP contribution in [0.15, 0.2) is 70.1 Å². The van der Waals surface area contributed by atoms with Crippen LogP contribution in [0.2, 0.25) is 5.22 Å². The lowest BCUT2D eigenvalue weighted by Crippen LogP contribution is -2.20. The highest BCUT2D eigenvalue weighted by molar-refractivity contribution is 7.92. The van der Waals surface area contributed by atoms with E-state index in [1.54, 1.807) is 30.3 Å². The fourth-order valence-electron chi connectivity index (χ4n) is 2.48. The Kier molecular flexibility index (Phi) is 6.78. The maximum Gasteiger partial charge on any atom is 0.319 e. The minimum atomic E-state index is -3.94. The van der Waals surface area contributed by atoms with E-state index in [4.69, 9.17) is 21.4 Å². The molecule has 0 aliphatic heterocycles. The van der Waals surface area contributed by atoms with Gasteiger partial charge in [-0.05, 0) is 35.9 Å². The number of nitrogens with one attached hydrogen (secondary N) is 2. The van der Waals surface area contributed by atoms with Gasteiger partial charge in [0.15, 0.2) is 12.0 Å². The molecule has 1 unspecified atom stereocenters. The monoisotopic (exact) mass is 465 g/mol. The number of hydrogen-bond donors (Lipinski definition) is 3. The summed E-state index contributed by atoms with van der Waals surface area (Å²) in [6, 6.07) is 15.4. The number of nitrogens with zero attached hydrogens (tertiary/aromatic N) is 1. The maximum absolute atomic E-state index is 12.4. The summed E-state index contributed by atoms with van der Waals surface area (Å²) in [5.74, 6) is -2.31. The van der Waals surface area contributed by atoms with E-state index in [0.717, 1.165) is 0 Å². The molecule has 2 aromatic carbocycles. The smallest absolute Gasteiger partial charge is 0.319 e. The Labute approximate surface area is 181 Å². The Hall–Kier alpha value is -3.57. The lowest BCUT2D eigenvalue weighted by Gasteiger charge is -2.20. The zero-order chi connectivity index (χ0) is 22.4. The first-order chi connectivity index (χ1) is 14.7. The first-order valence-electron chi connectivity index (χ1n) is 8.71. The van der Waals surface area contributed by atoms with Crippen molar-refractivity contribution < 1.29 is 32.4 Å². The van der Waals surface area contributed by atoms with Gasteiger partial charge >= 0.3 is 11.9 Å². The second-order valence-corrected chi connectivity index (χ2v) is 8.20. The largest absolute Gasteiger partial charge is 0.481 e. The van der Waals surface area contributed by atoms with Crippen LogP contribution in [0, 0.1) is 0 Å². The summed E-state index contributed by atoms with van der Waals surface area (Å²) in [7, 11) is -3.94. The number of aromatic nitrogens is 1. The van der Waals surface area contributed by atoms with Gasteiger partial charge < -0.3 is 19.7 Å². The van der Waals surface area contributed by atoms with E-state index >= 15 is 0 Å². The summed E-state index contributed by atoms with van der Waals surface area (Å²) in [4.78, 5) is 22.5. The summed E-state index contributed by atoms with van der Waals surface area (Å²) in [5.41, 5.74) is 1.00. The van der Waals surface area contributed by atoms with Crippen molar-refractivity contribution in [2.45, 2.75) is 17.5 Å². The summed E-state index contributed by atoms with van der Waals surface area (Å²) >= 11 is 5.58. The molecule has 3 aromatic rings. The molecule has 31 heavy (non-hydrogen) atoms. The van der Waals surface area contributed by atoms with E-state index in [9.17, 15) is 18.0 Å². The number of benzene rings is 2. The molecule has 1 atom stereocenters. The quantitative estimate of drug-likeness (QED) is 0.246. The standard InChI is InChI=1S/C19H16ClN3O7S/c20-15-10-16(22-30-15)23-31(27,28)14-8-6-13(7-9-14)21-19(12-4-2-1-3-5-12)29-18(26)11-17(24)25/h1-10,19,21H,11H2,(H,22,23)(H,24,25). The fourth-order valence-corrected chi connectivity index (χ4v) is 3.61. The van der Waals surface area contributed by atoms with Crippen LogP contribution in [0.25, 0.3) is 0 Å². The zero-order valence-corrected chi connectivity index (χ0v) is 17.3. The summed E-state index contributed by atoms with van der Waals surface area (Å²) in [5, 5.41) is 15.1. The lowest BCUT2D eigenvalue weighted by molar-refractivity contribution is -0.154. The van der Waals surface area contributed by atoms with Crippen molar-refractivity contribution >= 4 is 45.1 Å². The van der Waals surface area contributed by atoms with Crippen molar-refractivity contribution in [2.24, 2.45) is 0 Å². The number of sulfonamides is 1. The van der Waals surface area contributed by atoms with Gasteiger partial charge in [0.25, 0.3) is 10.0 Å². The third-order valence-corrected chi connectivity index (χ3v) is 5.38. The Bertz CT molecular complexity index is 1160. The number of rotatable bonds is 9. The van der Waals surface area contributed by atoms with Crippen LogP contribution in [0.1, 0.15) is 18.2 Å². The molecule has 0 aliphatic rings. The van der Waals surface area contributed by atoms with Crippen molar-refractivity contribution in [3.8, 4) is 0 Å². The average molecular weight is 466 g/mol.